The van der Waals surface area contributed by atoms with Crippen LogP contribution < -0.4 is 15.4 Å². The summed E-state index contributed by atoms with van der Waals surface area (Å²) in [6.45, 7) is 3.89. The van der Waals surface area contributed by atoms with Crippen molar-refractivity contribution in [3.63, 3.8) is 0 Å². The van der Waals surface area contributed by atoms with E-state index >= 15 is 0 Å². The highest BCUT2D eigenvalue weighted by Gasteiger charge is 2.32. The molecule has 1 fully saturated rings. The fourth-order valence-electron chi connectivity index (χ4n) is 2.51. The van der Waals surface area contributed by atoms with Crippen molar-refractivity contribution in [1.29, 1.82) is 0 Å². The van der Waals surface area contributed by atoms with Crippen LogP contribution in [0, 0.1) is 11.8 Å². The van der Waals surface area contributed by atoms with E-state index in [1.165, 1.54) is 4.90 Å². The molecule has 0 bridgehead atoms. The largest absolute Gasteiger partial charge is 0.326 e. The molecule has 1 aromatic rings. The zero-order valence-corrected chi connectivity index (χ0v) is 14.0. The topological polar surface area (TPSA) is 110 Å². The monoisotopic (exact) mass is 339 g/mol. The van der Waals surface area contributed by atoms with Crippen molar-refractivity contribution in [2.24, 2.45) is 17.0 Å². The van der Waals surface area contributed by atoms with Crippen molar-refractivity contribution in [3.05, 3.63) is 24.3 Å². The molecule has 2 rings (SSSR count). The fraction of sp³-hybridized carbons (Fsp3) is 0.467. The maximum Gasteiger partial charge on any atom is 0.227 e. The van der Waals surface area contributed by atoms with Crippen LogP contribution in [0.25, 0.3) is 0 Å². The number of nitrogens with two attached hydrogens (primary N) is 1. The van der Waals surface area contributed by atoms with Gasteiger partial charge in [-0.1, -0.05) is 19.9 Å². The molecule has 1 saturated heterocycles. The highest BCUT2D eigenvalue weighted by atomic mass is 32.2. The molecule has 2 amide bonds. The molecule has 1 aromatic carbocycles. The minimum Gasteiger partial charge on any atom is -0.326 e. The van der Waals surface area contributed by atoms with Crippen molar-refractivity contribution in [1.82, 2.24) is 0 Å². The molecule has 1 aliphatic heterocycles. The summed E-state index contributed by atoms with van der Waals surface area (Å²) in [5, 5.41) is 7.82. The molecular weight excluding hydrogens is 318 g/mol. The highest BCUT2D eigenvalue weighted by Crippen LogP contribution is 2.27. The Labute approximate surface area is 135 Å². The van der Waals surface area contributed by atoms with Gasteiger partial charge < -0.3 is 10.2 Å². The van der Waals surface area contributed by atoms with Gasteiger partial charge in [-0.05, 0) is 18.2 Å². The van der Waals surface area contributed by atoms with Gasteiger partial charge in [0.2, 0.25) is 21.8 Å². The van der Waals surface area contributed by atoms with Gasteiger partial charge in [0.1, 0.15) is 0 Å². The van der Waals surface area contributed by atoms with Crippen molar-refractivity contribution >= 4 is 33.2 Å². The lowest BCUT2D eigenvalue weighted by molar-refractivity contribution is -0.119. The van der Waals surface area contributed by atoms with Crippen LogP contribution in [0.2, 0.25) is 0 Å². The van der Waals surface area contributed by atoms with Gasteiger partial charge in [-0.15, -0.1) is 0 Å². The number of rotatable bonds is 5. The van der Waals surface area contributed by atoms with E-state index in [0.29, 0.717) is 17.9 Å². The minimum absolute atomic E-state index is 0.109. The van der Waals surface area contributed by atoms with Crippen LogP contribution >= 0.6 is 0 Å². The summed E-state index contributed by atoms with van der Waals surface area (Å²) in [7, 11) is -3.61. The number of carbonyl (C=O) groups excluding carboxylic acids is 2. The molecule has 126 valence electrons. The summed E-state index contributed by atoms with van der Waals surface area (Å²) in [5.41, 5.74) is 1.23. The molecule has 7 nitrogen and oxygen atoms in total. The van der Waals surface area contributed by atoms with Crippen LogP contribution in [0.15, 0.2) is 24.3 Å². The average molecular weight is 339 g/mol. The molecule has 3 N–H and O–H groups in total. The van der Waals surface area contributed by atoms with E-state index in [0.717, 1.165) is 0 Å². The van der Waals surface area contributed by atoms with Crippen molar-refractivity contribution < 1.29 is 18.0 Å². The Morgan fingerprint density at radius 2 is 2.13 bits per heavy atom. The molecule has 23 heavy (non-hydrogen) atoms. The number of primary sulfonamides is 1. The molecule has 1 unspecified atom stereocenters. The minimum atomic E-state index is -3.61. The van der Waals surface area contributed by atoms with Gasteiger partial charge in [-0.25, -0.2) is 13.6 Å². The second-order valence-electron chi connectivity index (χ2n) is 6.10. The van der Waals surface area contributed by atoms with E-state index < -0.39 is 10.0 Å². The molecule has 8 heteroatoms. The third-order valence-corrected chi connectivity index (χ3v) is 4.56. The Balaban J connectivity index is 2.13. The van der Waals surface area contributed by atoms with Gasteiger partial charge >= 0.3 is 0 Å². The van der Waals surface area contributed by atoms with Crippen LogP contribution in [0.1, 0.15) is 20.3 Å². The second kappa shape index (κ2) is 6.67. The third kappa shape index (κ3) is 4.77. The number of nitrogens with zero attached hydrogens (tertiary/aromatic N) is 1. The predicted octanol–water partition coefficient (Wildman–Crippen LogP) is 0.923. The number of nitrogens with one attached hydrogen (secondary N) is 1. The summed E-state index contributed by atoms with van der Waals surface area (Å²) < 4.78 is 22.4. The summed E-state index contributed by atoms with van der Waals surface area (Å²) >= 11 is 0. The zero-order chi connectivity index (χ0) is 17.2. The Kier molecular flexibility index (Phi) is 5.06. The second-order valence-corrected chi connectivity index (χ2v) is 7.76. The number of hydrogen-bond acceptors (Lipinski definition) is 4. The zero-order valence-electron chi connectivity index (χ0n) is 13.2. The van der Waals surface area contributed by atoms with Crippen LogP contribution in [-0.4, -0.2) is 32.5 Å². The van der Waals surface area contributed by atoms with Crippen LogP contribution in [0.4, 0.5) is 11.4 Å². The average Bonchev–Trinajstić information content (AvgIpc) is 2.77. The van der Waals surface area contributed by atoms with Gasteiger partial charge in [-0.3, -0.25) is 9.59 Å². The molecule has 1 heterocycles. The van der Waals surface area contributed by atoms with Crippen LogP contribution in [0.3, 0.4) is 0 Å². The molecule has 0 aromatic heterocycles. The highest BCUT2D eigenvalue weighted by molar-refractivity contribution is 7.89. The first-order chi connectivity index (χ1) is 10.7. The molecule has 0 spiro atoms. The third-order valence-electron chi connectivity index (χ3n) is 3.62. The normalized spacial score (nSPS) is 18.5. The SMILES string of the molecule is CC(C)C(=O)Nc1cccc(N2CC(CS(N)(=O)=O)CC2=O)c1. The predicted molar refractivity (Wildman–Crippen MR) is 88.3 cm³/mol. The summed E-state index contributed by atoms with van der Waals surface area (Å²) in [6.07, 6.45) is 0.152. The van der Waals surface area contributed by atoms with Gasteiger partial charge in [0.05, 0.1) is 5.75 Å². The Bertz CT molecular complexity index is 715. The maximum atomic E-state index is 12.1. The van der Waals surface area contributed by atoms with Crippen molar-refractivity contribution in [3.8, 4) is 0 Å². The number of hydrogen-bond donors (Lipinski definition) is 2. The lowest BCUT2D eigenvalue weighted by Gasteiger charge is -2.18. The number of anilines is 2. The molecule has 0 saturated carbocycles. The van der Waals surface area contributed by atoms with E-state index in [2.05, 4.69) is 5.32 Å². The van der Waals surface area contributed by atoms with Gasteiger partial charge in [0, 0.05) is 36.2 Å². The Morgan fingerprint density at radius 1 is 1.43 bits per heavy atom. The summed E-state index contributed by atoms with van der Waals surface area (Å²) in [4.78, 5) is 25.4. The molecular formula is C15H21N3O4S. The molecule has 1 atom stereocenters. The van der Waals surface area contributed by atoms with Crippen molar-refractivity contribution in [2.45, 2.75) is 20.3 Å². The first kappa shape index (κ1) is 17.4. The Hall–Kier alpha value is -1.93. The van der Waals surface area contributed by atoms with Gasteiger partial charge in [0.25, 0.3) is 0 Å². The Morgan fingerprint density at radius 3 is 2.74 bits per heavy atom. The van der Waals surface area contributed by atoms with Gasteiger partial charge in [-0.2, -0.15) is 0 Å². The molecule has 0 aliphatic carbocycles. The maximum absolute atomic E-state index is 12.1. The number of benzene rings is 1. The lowest BCUT2D eigenvalue weighted by atomic mass is 10.1. The first-order valence-electron chi connectivity index (χ1n) is 7.37. The molecule has 1 aliphatic rings. The molecule has 0 radical (unpaired) electrons. The first-order valence-corrected chi connectivity index (χ1v) is 9.09. The van der Waals surface area contributed by atoms with Crippen molar-refractivity contribution in [2.75, 3.05) is 22.5 Å². The van der Waals surface area contributed by atoms with E-state index in [-0.39, 0.29) is 35.8 Å². The van der Waals surface area contributed by atoms with Crippen LogP contribution in [0.5, 0.6) is 0 Å². The fourth-order valence-corrected chi connectivity index (χ4v) is 3.39. The summed E-state index contributed by atoms with van der Waals surface area (Å²) in [5.74, 6) is -0.926. The summed E-state index contributed by atoms with van der Waals surface area (Å²) in [6, 6.07) is 6.94. The van der Waals surface area contributed by atoms with E-state index in [9.17, 15) is 18.0 Å². The van der Waals surface area contributed by atoms with E-state index in [4.69, 9.17) is 5.14 Å². The van der Waals surface area contributed by atoms with Crippen LogP contribution in [-0.2, 0) is 19.6 Å². The smallest absolute Gasteiger partial charge is 0.227 e. The lowest BCUT2D eigenvalue weighted by Crippen LogP contribution is -2.27. The quantitative estimate of drug-likeness (QED) is 0.831. The number of sulfonamides is 1. The standard InChI is InChI=1S/C15H21N3O4S/c1-10(2)15(20)17-12-4-3-5-13(7-12)18-8-11(6-14(18)19)9-23(16,21)22/h3-5,7,10-11H,6,8-9H2,1-2H3,(H,17,20)(H2,16,21,22). The van der Waals surface area contributed by atoms with E-state index in [1.807, 2.05) is 0 Å². The number of carbonyl (C=O) groups is 2. The van der Waals surface area contributed by atoms with E-state index in [1.54, 1.807) is 38.1 Å². The van der Waals surface area contributed by atoms with Gasteiger partial charge in [0.15, 0.2) is 0 Å². The number of amides is 2.